The van der Waals surface area contributed by atoms with Crippen molar-refractivity contribution < 1.29 is 50.2 Å². The van der Waals surface area contributed by atoms with Crippen LogP contribution in [0.1, 0.15) is 90.6 Å². The van der Waals surface area contributed by atoms with Crippen molar-refractivity contribution in [2.45, 2.75) is 94.4 Å². The van der Waals surface area contributed by atoms with Gasteiger partial charge in [0.2, 0.25) is 11.8 Å². The van der Waals surface area contributed by atoms with E-state index >= 15 is 4.39 Å². The number of nitrogens with one attached hydrogen (secondary N) is 2. The summed E-state index contributed by atoms with van der Waals surface area (Å²) in [5.74, 6) is 6.73. The van der Waals surface area contributed by atoms with E-state index in [1.165, 1.54) is 33.9 Å². The molecule has 3 aliphatic heterocycles. The van der Waals surface area contributed by atoms with E-state index in [1.807, 2.05) is 18.2 Å². The second kappa shape index (κ2) is 19.6. The number of amides is 3. The van der Waals surface area contributed by atoms with Crippen molar-refractivity contribution in [1.29, 1.82) is 0 Å². The molecule has 1 unspecified atom stereocenters. The molecule has 1 aromatic carbocycles. The fourth-order valence-corrected chi connectivity index (χ4v) is 9.68. The molecule has 0 spiro atoms. The summed E-state index contributed by atoms with van der Waals surface area (Å²) in [6.07, 6.45) is 3.78. The first-order valence-corrected chi connectivity index (χ1v) is 22.4. The van der Waals surface area contributed by atoms with E-state index in [9.17, 15) is 36.3 Å². The van der Waals surface area contributed by atoms with E-state index in [1.54, 1.807) is 4.68 Å². The van der Waals surface area contributed by atoms with Crippen LogP contribution in [0.3, 0.4) is 0 Å². The van der Waals surface area contributed by atoms with Gasteiger partial charge in [-0.3, -0.25) is 34.0 Å². The standard InChI is InChI=1S/C46H47F6N11O5/c1-2-16-61-41-28(5-3-7-30(41)39(57-61)31-12-13-38(64)56-44(31)65)6-4-20-68-35-14-17-59(24-33(35)47)23-27-8-10-29(11-9-27)63-25-34(40(58-63)42(48)49)54-45(66)32-22-53-62-18-15-37(55-43(32)62)60-19-21-67-26-36(60)46(50,51)52/h1,3,5,7,15,18,22,25,27,29,31,33,35-36,42H,8-14,16-17,19-21,23-24,26H2,(H,54,66)(H,56,64,65)/t27-,29-,31?,33-,35+,36-/m1/s1. The highest BCUT2D eigenvalue weighted by molar-refractivity contribution is 6.08. The SMILES string of the molecule is C#CCn1nc(C2CCC(=O)NC2=O)c2cccc(C#CCO[C@H]3CCN(C[C@H]4CC[C@H](n5cc(NC(=O)c6cnn7ccc(N8CCOC[C@@H]8C(F)(F)F)nc67)c(C(F)F)n5)CC4)C[C@H]3F)c21. The smallest absolute Gasteiger partial charge is 0.377 e. The normalized spacial score (nSPS) is 23.9. The van der Waals surface area contributed by atoms with Crippen LogP contribution in [0.2, 0.25) is 0 Å². The van der Waals surface area contributed by atoms with Crippen molar-refractivity contribution in [2.75, 3.05) is 56.2 Å². The Kier molecular flexibility index (Phi) is 13.4. The van der Waals surface area contributed by atoms with Gasteiger partial charge in [-0.1, -0.05) is 29.9 Å². The van der Waals surface area contributed by atoms with Crippen molar-refractivity contribution in [3.05, 3.63) is 65.4 Å². The molecule has 5 aromatic rings. The van der Waals surface area contributed by atoms with E-state index < -0.39 is 61.0 Å². The molecule has 0 bridgehead atoms. The van der Waals surface area contributed by atoms with Gasteiger partial charge >= 0.3 is 6.18 Å². The molecule has 4 aliphatic rings. The first kappa shape index (κ1) is 46.6. The second-order valence-corrected chi connectivity index (χ2v) is 17.4. The maximum atomic E-state index is 15.5. The van der Waals surface area contributed by atoms with Gasteiger partial charge in [0.05, 0.1) is 59.9 Å². The molecule has 68 heavy (non-hydrogen) atoms. The van der Waals surface area contributed by atoms with Gasteiger partial charge < -0.3 is 19.7 Å². The molecule has 358 valence electrons. The van der Waals surface area contributed by atoms with Crippen molar-refractivity contribution in [2.24, 2.45) is 5.92 Å². The summed E-state index contributed by atoms with van der Waals surface area (Å²) >= 11 is 0. The van der Waals surface area contributed by atoms with Gasteiger partial charge in [-0.05, 0) is 56.6 Å². The second-order valence-electron chi connectivity index (χ2n) is 17.4. The molecule has 22 heteroatoms. The number of piperidine rings is 2. The molecule has 3 saturated heterocycles. The third kappa shape index (κ3) is 9.76. The third-order valence-corrected chi connectivity index (χ3v) is 13.1. The highest BCUT2D eigenvalue weighted by atomic mass is 19.4. The molecule has 2 N–H and O–H groups in total. The van der Waals surface area contributed by atoms with Crippen molar-refractivity contribution in [3.8, 4) is 24.2 Å². The molecule has 0 radical (unpaired) electrons. The zero-order chi connectivity index (χ0) is 47.7. The van der Waals surface area contributed by atoms with Crippen LogP contribution in [-0.2, 0) is 25.6 Å². The van der Waals surface area contributed by atoms with Crippen LogP contribution < -0.4 is 15.5 Å². The number of nitrogens with zero attached hydrogens (tertiary/aromatic N) is 9. The fraction of sp³-hybridized carbons (Fsp3) is 0.500. The Morgan fingerprint density at radius 1 is 1.07 bits per heavy atom. The summed E-state index contributed by atoms with van der Waals surface area (Å²) in [6.45, 7) is 0.992. The number of terminal acetylenes is 1. The van der Waals surface area contributed by atoms with Crippen LogP contribution in [0, 0.1) is 30.1 Å². The average molecular weight is 948 g/mol. The van der Waals surface area contributed by atoms with Crippen LogP contribution in [0.15, 0.2) is 42.9 Å². The number of carbonyl (C=O) groups is 3. The average Bonchev–Trinajstić information content (AvgIpc) is 4.04. The number of aromatic nitrogens is 7. The Hall–Kier alpha value is -6.49. The van der Waals surface area contributed by atoms with Gasteiger partial charge in [-0.25, -0.2) is 22.7 Å². The Bertz CT molecular complexity index is 2800. The predicted molar refractivity (Wildman–Crippen MR) is 233 cm³/mol. The highest BCUT2D eigenvalue weighted by Gasteiger charge is 2.46. The Balaban J connectivity index is 0.771. The number of hydrogen-bond acceptors (Lipinski definition) is 11. The van der Waals surface area contributed by atoms with E-state index in [2.05, 4.69) is 53.6 Å². The minimum Gasteiger partial charge on any atom is -0.377 e. The fourth-order valence-electron chi connectivity index (χ4n) is 9.68. The third-order valence-electron chi connectivity index (χ3n) is 13.1. The number of likely N-dealkylation sites (tertiary alicyclic amines) is 1. The van der Waals surface area contributed by atoms with Gasteiger partial charge in [-0.2, -0.15) is 28.5 Å². The summed E-state index contributed by atoms with van der Waals surface area (Å²) in [7, 11) is 0. The number of benzene rings is 1. The van der Waals surface area contributed by atoms with Gasteiger partial charge in [0, 0.05) is 50.4 Å². The van der Waals surface area contributed by atoms with Crippen LogP contribution in [0.4, 0.5) is 37.8 Å². The molecule has 16 nitrogen and oxygen atoms in total. The number of alkyl halides is 6. The van der Waals surface area contributed by atoms with Crippen LogP contribution in [0.5, 0.6) is 0 Å². The Labute approximate surface area is 385 Å². The zero-order valence-electron chi connectivity index (χ0n) is 36.6. The molecule has 7 heterocycles. The van der Waals surface area contributed by atoms with E-state index in [0.717, 1.165) is 17.7 Å². The largest absolute Gasteiger partial charge is 0.411 e. The van der Waals surface area contributed by atoms with Crippen LogP contribution >= 0.6 is 0 Å². The van der Waals surface area contributed by atoms with Crippen LogP contribution in [0.25, 0.3) is 16.6 Å². The summed E-state index contributed by atoms with van der Waals surface area (Å²) in [4.78, 5) is 45.4. The number of anilines is 2. The van der Waals surface area contributed by atoms with Gasteiger partial charge in [0.1, 0.15) is 36.7 Å². The number of carbonyl (C=O) groups excluding carboxylic acids is 3. The van der Waals surface area contributed by atoms with Crippen LogP contribution in [-0.4, -0.2) is 127 Å². The molecule has 3 amide bonds. The summed E-state index contributed by atoms with van der Waals surface area (Å²) in [5.41, 5.74) is 0.800. The van der Waals surface area contributed by atoms with E-state index in [-0.39, 0.29) is 79.9 Å². The minimum absolute atomic E-state index is 0.0103. The Morgan fingerprint density at radius 3 is 2.65 bits per heavy atom. The topological polar surface area (TPSA) is 166 Å². The van der Waals surface area contributed by atoms with Crippen molar-refractivity contribution >= 4 is 45.8 Å². The molecule has 1 aliphatic carbocycles. The first-order valence-electron chi connectivity index (χ1n) is 22.4. The lowest BCUT2D eigenvalue weighted by Crippen LogP contribution is -2.54. The number of fused-ring (bicyclic) bond motifs is 2. The molecule has 9 rings (SSSR count). The summed E-state index contributed by atoms with van der Waals surface area (Å²) < 4.78 is 101. The van der Waals surface area contributed by atoms with Crippen molar-refractivity contribution in [1.82, 2.24) is 44.4 Å². The number of hydrogen-bond donors (Lipinski definition) is 2. The maximum absolute atomic E-state index is 15.5. The number of halogens is 6. The summed E-state index contributed by atoms with van der Waals surface area (Å²) in [5, 5.41) is 18.5. The molecule has 4 atom stereocenters. The Morgan fingerprint density at radius 2 is 1.90 bits per heavy atom. The molecule has 4 aromatic heterocycles. The number of morpholine rings is 1. The molecule has 1 saturated carbocycles. The van der Waals surface area contributed by atoms with Gasteiger partial charge in [0.25, 0.3) is 12.3 Å². The molecular weight excluding hydrogens is 901 g/mol. The number of imide groups is 1. The highest BCUT2D eigenvalue weighted by Crippen LogP contribution is 2.37. The molecular formula is C46H47F6N11O5. The van der Waals surface area contributed by atoms with Gasteiger partial charge in [-0.15, -0.1) is 6.42 Å². The molecule has 4 fully saturated rings. The lowest BCUT2D eigenvalue weighted by molar-refractivity contribution is -0.167. The number of ether oxygens (including phenoxy) is 2. The number of rotatable bonds is 11. The maximum Gasteiger partial charge on any atom is 0.411 e. The lowest BCUT2D eigenvalue weighted by atomic mass is 9.85. The van der Waals surface area contributed by atoms with Crippen molar-refractivity contribution in [3.63, 3.8) is 0 Å². The van der Waals surface area contributed by atoms with Gasteiger partial charge in [0.15, 0.2) is 11.3 Å². The quantitative estimate of drug-likeness (QED) is 0.0963. The van der Waals surface area contributed by atoms with E-state index in [0.29, 0.717) is 60.9 Å². The lowest BCUT2D eigenvalue weighted by Gasteiger charge is -2.38. The zero-order valence-corrected chi connectivity index (χ0v) is 36.6. The van der Waals surface area contributed by atoms with E-state index in [4.69, 9.17) is 15.9 Å². The predicted octanol–water partition coefficient (Wildman–Crippen LogP) is 5.60. The summed E-state index contributed by atoms with van der Waals surface area (Å²) in [6, 6.07) is 4.64. The number of para-hydroxylation sites is 1. The monoisotopic (exact) mass is 947 g/mol. The minimum atomic E-state index is -4.60. The first-order chi connectivity index (χ1) is 32.7.